The molecule has 0 saturated carbocycles. The van der Waals surface area contributed by atoms with Gasteiger partial charge in [-0.25, -0.2) is 4.98 Å². The van der Waals surface area contributed by atoms with Gasteiger partial charge >= 0.3 is 0 Å². The molecule has 3 heteroatoms. The van der Waals surface area contributed by atoms with Gasteiger partial charge in [0.15, 0.2) is 0 Å². The minimum absolute atomic E-state index is 0.947. The lowest BCUT2D eigenvalue weighted by Crippen LogP contribution is -2.12. The second-order valence-corrected chi connectivity index (χ2v) is 11.1. The van der Waals surface area contributed by atoms with E-state index in [1.165, 1.54) is 52.8 Å². The van der Waals surface area contributed by atoms with Crippen LogP contribution in [0.2, 0.25) is 0 Å². The van der Waals surface area contributed by atoms with Crippen molar-refractivity contribution < 1.29 is 0 Å². The van der Waals surface area contributed by atoms with E-state index in [0.29, 0.717) is 0 Å². The Morgan fingerprint density at radius 2 is 1.15 bits per heavy atom. The molecule has 0 atom stereocenters. The van der Waals surface area contributed by atoms with Gasteiger partial charge in [0.2, 0.25) is 0 Å². The highest BCUT2D eigenvalue weighted by Crippen LogP contribution is 2.46. The number of pyridine rings is 1. The SMILES string of the molecule is c1ccc(-c2ccc(N(c3cc4ccccc4c4ccccc34)c3nccc4sc5ccccc5c34)cc2)cc1. The molecule has 2 aromatic heterocycles. The van der Waals surface area contributed by atoms with E-state index in [2.05, 4.69) is 144 Å². The third kappa shape index (κ3) is 3.67. The van der Waals surface area contributed by atoms with Gasteiger partial charge in [0, 0.05) is 37.4 Å². The summed E-state index contributed by atoms with van der Waals surface area (Å²) in [6.07, 6.45) is 1.95. The van der Waals surface area contributed by atoms with Gasteiger partial charge in [0.1, 0.15) is 5.82 Å². The Bertz CT molecular complexity index is 2160. The van der Waals surface area contributed by atoms with Crippen LogP contribution < -0.4 is 4.90 Å². The van der Waals surface area contributed by atoms with E-state index in [9.17, 15) is 0 Å². The second kappa shape index (κ2) is 9.33. The molecule has 0 spiro atoms. The molecule has 0 unspecified atom stereocenters. The highest BCUT2D eigenvalue weighted by atomic mass is 32.1. The molecule has 0 saturated heterocycles. The van der Waals surface area contributed by atoms with Gasteiger partial charge in [0.05, 0.1) is 5.69 Å². The molecule has 2 nitrogen and oxygen atoms in total. The van der Waals surface area contributed by atoms with Gasteiger partial charge < -0.3 is 0 Å². The summed E-state index contributed by atoms with van der Waals surface area (Å²) in [5, 5.41) is 7.34. The van der Waals surface area contributed by atoms with E-state index >= 15 is 0 Å². The molecule has 2 heterocycles. The zero-order valence-corrected chi connectivity index (χ0v) is 22.5. The Morgan fingerprint density at radius 3 is 1.98 bits per heavy atom. The first kappa shape index (κ1) is 22.9. The summed E-state index contributed by atoms with van der Waals surface area (Å²) < 4.78 is 2.51. The average molecular weight is 529 g/mol. The molecule has 0 aliphatic rings. The molecular formula is C37H24N2S. The zero-order valence-electron chi connectivity index (χ0n) is 21.7. The molecule has 0 amide bonds. The second-order valence-electron chi connectivity index (χ2n) is 10.0. The van der Waals surface area contributed by atoms with E-state index in [4.69, 9.17) is 4.98 Å². The molecule has 0 radical (unpaired) electrons. The third-order valence-electron chi connectivity index (χ3n) is 7.70. The van der Waals surface area contributed by atoms with Crippen LogP contribution in [0.15, 0.2) is 146 Å². The van der Waals surface area contributed by atoms with Crippen molar-refractivity contribution in [1.82, 2.24) is 4.98 Å². The first-order valence-electron chi connectivity index (χ1n) is 13.5. The van der Waals surface area contributed by atoms with Gasteiger partial charge in [-0.15, -0.1) is 11.3 Å². The molecule has 0 aliphatic heterocycles. The van der Waals surface area contributed by atoms with Gasteiger partial charge in [-0.1, -0.05) is 109 Å². The van der Waals surface area contributed by atoms with Crippen molar-refractivity contribution in [1.29, 1.82) is 0 Å². The molecule has 0 bridgehead atoms. The maximum atomic E-state index is 5.08. The van der Waals surface area contributed by atoms with Gasteiger partial charge in [0.25, 0.3) is 0 Å². The predicted molar refractivity (Wildman–Crippen MR) is 172 cm³/mol. The predicted octanol–water partition coefficient (Wildman–Crippen LogP) is 10.9. The van der Waals surface area contributed by atoms with E-state index in [-0.39, 0.29) is 0 Å². The van der Waals surface area contributed by atoms with Gasteiger partial charge in [-0.3, -0.25) is 4.90 Å². The third-order valence-corrected chi connectivity index (χ3v) is 8.84. The Kier molecular flexibility index (Phi) is 5.35. The highest BCUT2D eigenvalue weighted by Gasteiger charge is 2.22. The van der Waals surface area contributed by atoms with Crippen LogP contribution in [-0.2, 0) is 0 Å². The van der Waals surface area contributed by atoms with Crippen LogP contribution in [0.1, 0.15) is 0 Å². The topological polar surface area (TPSA) is 16.1 Å². The Hall–Kier alpha value is -4.99. The Balaban J connectivity index is 1.45. The largest absolute Gasteiger partial charge is 0.294 e. The van der Waals surface area contributed by atoms with Crippen molar-refractivity contribution >= 4 is 70.2 Å². The minimum Gasteiger partial charge on any atom is -0.294 e. The Labute approximate surface area is 236 Å². The first-order valence-corrected chi connectivity index (χ1v) is 14.3. The first-order chi connectivity index (χ1) is 19.8. The summed E-state index contributed by atoms with van der Waals surface area (Å²) >= 11 is 1.82. The van der Waals surface area contributed by atoms with Crippen molar-refractivity contribution in [2.24, 2.45) is 0 Å². The van der Waals surface area contributed by atoms with E-state index in [1.807, 2.05) is 17.5 Å². The summed E-state index contributed by atoms with van der Waals surface area (Å²) in [5.74, 6) is 0.947. The number of nitrogens with zero attached hydrogens (tertiary/aromatic N) is 2. The van der Waals surface area contributed by atoms with E-state index < -0.39 is 0 Å². The zero-order chi connectivity index (χ0) is 26.5. The molecule has 6 aromatic carbocycles. The van der Waals surface area contributed by atoms with Crippen molar-refractivity contribution in [3.05, 3.63) is 146 Å². The van der Waals surface area contributed by atoms with Crippen LogP contribution in [0, 0.1) is 0 Å². The van der Waals surface area contributed by atoms with Crippen molar-refractivity contribution in [3.8, 4) is 11.1 Å². The number of thiophene rings is 1. The molecule has 0 aliphatic carbocycles. The molecule has 8 aromatic rings. The normalized spacial score (nSPS) is 11.5. The van der Waals surface area contributed by atoms with Crippen LogP contribution >= 0.6 is 11.3 Å². The Morgan fingerprint density at radius 1 is 0.500 bits per heavy atom. The average Bonchev–Trinajstić information content (AvgIpc) is 3.41. The fourth-order valence-electron chi connectivity index (χ4n) is 5.85. The van der Waals surface area contributed by atoms with E-state index in [0.717, 1.165) is 17.2 Å². The fourth-order valence-corrected chi connectivity index (χ4v) is 6.95. The maximum Gasteiger partial charge on any atom is 0.146 e. The number of anilines is 3. The van der Waals surface area contributed by atoms with Gasteiger partial charge in [-0.2, -0.15) is 0 Å². The van der Waals surface area contributed by atoms with Crippen LogP contribution in [0.5, 0.6) is 0 Å². The summed E-state index contributed by atoms with van der Waals surface area (Å²) in [7, 11) is 0. The summed E-state index contributed by atoms with van der Waals surface area (Å²) in [6.45, 7) is 0. The number of rotatable bonds is 4. The smallest absolute Gasteiger partial charge is 0.146 e. The number of aromatic nitrogens is 1. The summed E-state index contributed by atoms with van der Waals surface area (Å²) in [5.41, 5.74) is 4.60. The van der Waals surface area contributed by atoms with Crippen molar-refractivity contribution in [2.45, 2.75) is 0 Å². The van der Waals surface area contributed by atoms with Crippen molar-refractivity contribution in [2.75, 3.05) is 4.90 Å². The molecule has 0 N–H and O–H groups in total. The lowest BCUT2D eigenvalue weighted by molar-refractivity contribution is 1.21. The quantitative estimate of drug-likeness (QED) is 0.211. The summed E-state index contributed by atoms with van der Waals surface area (Å²) in [6, 6.07) is 49.9. The van der Waals surface area contributed by atoms with Crippen LogP contribution in [0.25, 0.3) is 52.8 Å². The van der Waals surface area contributed by atoms with Crippen LogP contribution in [-0.4, -0.2) is 4.98 Å². The monoisotopic (exact) mass is 528 g/mol. The van der Waals surface area contributed by atoms with Crippen molar-refractivity contribution in [3.63, 3.8) is 0 Å². The highest BCUT2D eigenvalue weighted by molar-refractivity contribution is 7.25. The number of fused-ring (bicyclic) bond motifs is 6. The van der Waals surface area contributed by atoms with Crippen LogP contribution in [0.4, 0.5) is 17.2 Å². The maximum absolute atomic E-state index is 5.08. The lowest BCUT2D eigenvalue weighted by atomic mass is 9.98. The molecule has 8 rings (SSSR count). The molecule has 40 heavy (non-hydrogen) atoms. The minimum atomic E-state index is 0.947. The number of benzene rings is 6. The number of hydrogen-bond donors (Lipinski definition) is 0. The lowest BCUT2D eigenvalue weighted by Gasteiger charge is -2.27. The van der Waals surface area contributed by atoms with Gasteiger partial charge in [-0.05, 0) is 57.6 Å². The standard InChI is InChI=1S/C37H24N2S/c1-2-10-25(11-3-1)26-18-20-28(21-19-26)39(37-36-32-16-8-9-17-34(32)40-35(36)22-23-38-37)33-24-27-12-4-5-13-29(27)30-14-6-7-15-31(30)33/h1-24H. The molecular weight excluding hydrogens is 504 g/mol. The van der Waals surface area contributed by atoms with E-state index in [1.54, 1.807) is 0 Å². The number of hydrogen-bond acceptors (Lipinski definition) is 3. The molecule has 188 valence electrons. The molecule has 0 fully saturated rings. The summed E-state index contributed by atoms with van der Waals surface area (Å²) in [4.78, 5) is 7.43. The van der Waals surface area contributed by atoms with Crippen LogP contribution in [0.3, 0.4) is 0 Å². The fraction of sp³-hybridized carbons (Fsp3) is 0.